The lowest BCUT2D eigenvalue weighted by Crippen LogP contribution is -2.28. The molecule has 0 saturated heterocycles. The number of ether oxygens (including phenoxy) is 2. The topological polar surface area (TPSA) is 72.8 Å². The normalized spacial score (nSPS) is 12.8. The maximum atomic E-state index is 12.2. The quantitative estimate of drug-likeness (QED) is 0.0413. The van der Waals surface area contributed by atoms with Crippen molar-refractivity contribution < 1.29 is 24.2 Å². The molecule has 276 valence electrons. The fraction of sp³-hybridized carbons (Fsp3) is 0.721. The highest BCUT2D eigenvalue weighted by Crippen LogP contribution is 2.13. The van der Waals surface area contributed by atoms with Crippen LogP contribution in [0.25, 0.3) is 0 Å². The Labute approximate surface area is 296 Å². The Morgan fingerprint density at radius 1 is 0.500 bits per heavy atom. The van der Waals surface area contributed by atoms with Crippen molar-refractivity contribution >= 4 is 11.9 Å². The van der Waals surface area contributed by atoms with Crippen LogP contribution in [0, 0.1) is 0 Å². The zero-order valence-electron chi connectivity index (χ0n) is 31.2. The molecule has 0 unspecified atom stereocenters. The predicted molar refractivity (Wildman–Crippen MR) is 205 cm³/mol. The fourth-order valence-electron chi connectivity index (χ4n) is 5.30. The Bertz CT molecular complexity index is 853. The number of carbonyl (C=O) groups excluding carboxylic acids is 2. The first-order valence-electron chi connectivity index (χ1n) is 19.8. The molecule has 0 aromatic carbocycles. The van der Waals surface area contributed by atoms with E-state index >= 15 is 0 Å². The number of hydrogen-bond acceptors (Lipinski definition) is 5. The zero-order chi connectivity index (χ0) is 35.0. The van der Waals surface area contributed by atoms with E-state index in [0.29, 0.717) is 12.8 Å². The van der Waals surface area contributed by atoms with Gasteiger partial charge >= 0.3 is 11.9 Å². The molecule has 0 bridgehead atoms. The number of carbonyl (C=O) groups is 2. The van der Waals surface area contributed by atoms with E-state index in [1.807, 2.05) is 0 Å². The number of rotatable bonds is 35. The van der Waals surface area contributed by atoms with Crippen molar-refractivity contribution in [1.29, 1.82) is 0 Å². The molecule has 5 nitrogen and oxygen atoms in total. The van der Waals surface area contributed by atoms with Gasteiger partial charge in [0.2, 0.25) is 0 Å². The highest BCUT2D eigenvalue weighted by Gasteiger charge is 2.16. The van der Waals surface area contributed by atoms with Crippen LogP contribution in [0.2, 0.25) is 0 Å². The Morgan fingerprint density at radius 2 is 0.896 bits per heavy atom. The summed E-state index contributed by atoms with van der Waals surface area (Å²) in [6, 6.07) is 0. The SMILES string of the molecule is CC/C=C\C/C=C\C/C=C\C/C=C\CCCCC(=O)OC[C@H](CO)OC(=O)CCCCCCCCCCC/C=C\CCCCCCCC. The van der Waals surface area contributed by atoms with Crippen molar-refractivity contribution in [2.24, 2.45) is 0 Å². The van der Waals surface area contributed by atoms with Crippen molar-refractivity contribution in [3.8, 4) is 0 Å². The van der Waals surface area contributed by atoms with E-state index in [1.54, 1.807) is 0 Å². The maximum Gasteiger partial charge on any atom is 0.306 e. The van der Waals surface area contributed by atoms with Gasteiger partial charge in [0.15, 0.2) is 6.10 Å². The summed E-state index contributed by atoms with van der Waals surface area (Å²) in [5.41, 5.74) is 0. The number of hydrogen-bond donors (Lipinski definition) is 1. The van der Waals surface area contributed by atoms with Gasteiger partial charge in [-0.3, -0.25) is 9.59 Å². The Morgan fingerprint density at radius 3 is 1.42 bits per heavy atom. The Hall–Kier alpha value is -2.40. The molecule has 5 heteroatoms. The number of aliphatic hydroxyl groups is 1. The number of allylic oxidation sites excluding steroid dienone is 10. The van der Waals surface area contributed by atoms with Gasteiger partial charge in [-0.05, 0) is 77.0 Å². The van der Waals surface area contributed by atoms with Crippen LogP contribution in [-0.4, -0.2) is 36.4 Å². The predicted octanol–water partition coefficient (Wildman–Crippen LogP) is 12.4. The molecule has 0 aliphatic carbocycles. The Kier molecular flexibility index (Phi) is 37.1. The highest BCUT2D eigenvalue weighted by molar-refractivity contribution is 5.70. The molecule has 0 amide bonds. The minimum Gasteiger partial charge on any atom is -0.462 e. The summed E-state index contributed by atoms with van der Waals surface area (Å²) < 4.78 is 10.6. The summed E-state index contributed by atoms with van der Waals surface area (Å²) in [6.07, 6.45) is 50.0. The lowest BCUT2D eigenvalue weighted by atomic mass is 10.1. The van der Waals surface area contributed by atoms with Crippen LogP contribution < -0.4 is 0 Å². The van der Waals surface area contributed by atoms with Crippen molar-refractivity contribution in [3.63, 3.8) is 0 Å². The molecule has 0 radical (unpaired) electrons. The molecule has 0 aromatic heterocycles. The van der Waals surface area contributed by atoms with Gasteiger partial charge in [0.05, 0.1) is 6.61 Å². The molecule has 1 atom stereocenters. The summed E-state index contributed by atoms with van der Waals surface area (Å²) in [6.45, 7) is 3.97. The third kappa shape index (κ3) is 36.4. The summed E-state index contributed by atoms with van der Waals surface area (Å²) >= 11 is 0. The van der Waals surface area contributed by atoms with Gasteiger partial charge in [-0.25, -0.2) is 0 Å². The van der Waals surface area contributed by atoms with Crippen molar-refractivity contribution in [2.75, 3.05) is 13.2 Å². The molecular weight excluding hydrogens is 596 g/mol. The lowest BCUT2D eigenvalue weighted by Gasteiger charge is -2.15. The van der Waals surface area contributed by atoms with Crippen LogP contribution in [0.5, 0.6) is 0 Å². The van der Waals surface area contributed by atoms with E-state index in [9.17, 15) is 14.7 Å². The largest absolute Gasteiger partial charge is 0.462 e. The second-order valence-electron chi connectivity index (χ2n) is 13.0. The van der Waals surface area contributed by atoms with E-state index in [-0.39, 0.29) is 25.2 Å². The summed E-state index contributed by atoms with van der Waals surface area (Å²) in [5.74, 6) is -0.644. The van der Waals surface area contributed by atoms with E-state index in [2.05, 4.69) is 74.6 Å². The van der Waals surface area contributed by atoms with Crippen LogP contribution in [0.15, 0.2) is 60.8 Å². The molecule has 0 heterocycles. The first-order valence-corrected chi connectivity index (χ1v) is 19.8. The van der Waals surface area contributed by atoms with Gasteiger partial charge in [0.1, 0.15) is 6.61 Å². The van der Waals surface area contributed by atoms with Gasteiger partial charge in [-0.15, -0.1) is 0 Å². The van der Waals surface area contributed by atoms with Crippen molar-refractivity contribution in [1.82, 2.24) is 0 Å². The molecule has 0 saturated carbocycles. The van der Waals surface area contributed by atoms with E-state index in [4.69, 9.17) is 9.47 Å². The van der Waals surface area contributed by atoms with E-state index in [0.717, 1.165) is 64.2 Å². The van der Waals surface area contributed by atoms with Crippen LogP contribution >= 0.6 is 0 Å². The maximum absolute atomic E-state index is 12.2. The average Bonchev–Trinajstić information content (AvgIpc) is 3.09. The van der Waals surface area contributed by atoms with E-state index in [1.165, 1.54) is 89.9 Å². The first kappa shape index (κ1) is 45.6. The van der Waals surface area contributed by atoms with E-state index < -0.39 is 6.10 Å². The molecular formula is C43H74O5. The second-order valence-corrected chi connectivity index (χ2v) is 13.0. The molecule has 0 aliphatic heterocycles. The summed E-state index contributed by atoms with van der Waals surface area (Å²) in [5, 5.41) is 9.55. The minimum absolute atomic E-state index is 0.0899. The zero-order valence-corrected chi connectivity index (χ0v) is 31.2. The van der Waals surface area contributed by atoms with Crippen LogP contribution in [-0.2, 0) is 19.1 Å². The van der Waals surface area contributed by atoms with Gasteiger partial charge in [-0.2, -0.15) is 0 Å². The van der Waals surface area contributed by atoms with Crippen molar-refractivity contribution in [2.45, 2.75) is 187 Å². The lowest BCUT2D eigenvalue weighted by molar-refractivity contribution is -0.161. The molecule has 0 aliphatic rings. The minimum atomic E-state index is -0.790. The smallest absolute Gasteiger partial charge is 0.306 e. The second kappa shape index (κ2) is 39.0. The fourth-order valence-corrected chi connectivity index (χ4v) is 5.30. The number of esters is 2. The van der Waals surface area contributed by atoms with Crippen molar-refractivity contribution in [3.05, 3.63) is 60.8 Å². The standard InChI is InChI=1S/C43H74O5/c1-3-5-7-9-11-13-15-17-19-20-21-22-24-26-28-30-32-34-36-38-43(46)48-41(39-44)40-47-42(45)37-35-33-31-29-27-25-23-18-16-14-12-10-8-6-4-2/h6,8,12,14,17-19,23,27,29,41,44H,3-5,7,9-11,13,15-16,20-22,24-26,28,30-40H2,1-2H3/b8-6-,14-12-,19-17-,23-18-,29-27-/t41-/m0/s1. The molecule has 1 N–H and O–H groups in total. The van der Waals surface area contributed by atoms with Crippen LogP contribution in [0.4, 0.5) is 0 Å². The van der Waals surface area contributed by atoms with Gasteiger partial charge in [0.25, 0.3) is 0 Å². The van der Waals surface area contributed by atoms with Gasteiger partial charge in [0, 0.05) is 12.8 Å². The molecule has 0 fully saturated rings. The van der Waals surface area contributed by atoms with Gasteiger partial charge in [-0.1, -0.05) is 152 Å². The third-order valence-corrected chi connectivity index (χ3v) is 8.30. The number of aliphatic hydroxyl groups excluding tert-OH is 1. The molecule has 48 heavy (non-hydrogen) atoms. The first-order chi connectivity index (χ1) is 23.6. The van der Waals surface area contributed by atoms with Crippen LogP contribution in [0.3, 0.4) is 0 Å². The summed E-state index contributed by atoms with van der Waals surface area (Å²) in [4.78, 5) is 24.2. The monoisotopic (exact) mass is 671 g/mol. The molecule has 0 aromatic rings. The van der Waals surface area contributed by atoms with Crippen LogP contribution in [0.1, 0.15) is 181 Å². The van der Waals surface area contributed by atoms with Gasteiger partial charge < -0.3 is 14.6 Å². The Balaban J connectivity index is 3.61. The third-order valence-electron chi connectivity index (χ3n) is 8.30. The average molecular weight is 671 g/mol. The number of unbranched alkanes of at least 4 members (excludes halogenated alkanes) is 17. The highest BCUT2D eigenvalue weighted by atomic mass is 16.6. The summed E-state index contributed by atoms with van der Waals surface area (Å²) in [7, 11) is 0. The molecule has 0 spiro atoms. The molecule has 0 rings (SSSR count).